The number of halogens is 2. The van der Waals surface area contributed by atoms with Gasteiger partial charge in [0.15, 0.2) is 0 Å². The molecule has 0 heterocycles. The van der Waals surface area contributed by atoms with Gasteiger partial charge in [0.25, 0.3) is 0 Å². The van der Waals surface area contributed by atoms with E-state index in [-0.39, 0.29) is 6.42 Å². The van der Waals surface area contributed by atoms with Gasteiger partial charge in [-0.2, -0.15) is 0 Å². The number of rotatable bonds is 8. The Labute approximate surface area is 175 Å². The van der Waals surface area contributed by atoms with Crippen LogP contribution in [0.25, 0.3) is 0 Å². The van der Waals surface area contributed by atoms with E-state index >= 15 is 0 Å². The highest BCUT2D eigenvalue weighted by Crippen LogP contribution is 2.45. The Morgan fingerprint density at radius 2 is 1.62 bits per heavy atom. The summed E-state index contributed by atoms with van der Waals surface area (Å²) in [6, 6.07) is 6.52. The van der Waals surface area contributed by atoms with Gasteiger partial charge in [-0.15, -0.1) is 0 Å². The molecular formula is C26H38F2O. The normalized spacial score (nSPS) is 28.2. The number of hydrogen-bond donors (Lipinski definition) is 0. The third-order valence-corrected chi connectivity index (χ3v) is 7.48. The van der Waals surface area contributed by atoms with Crippen molar-refractivity contribution in [1.82, 2.24) is 0 Å². The number of benzene rings is 1. The highest BCUT2D eigenvalue weighted by molar-refractivity contribution is 5.37. The van der Waals surface area contributed by atoms with Crippen molar-refractivity contribution in [2.45, 2.75) is 89.9 Å². The molecule has 1 aromatic rings. The summed E-state index contributed by atoms with van der Waals surface area (Å²) in [6.45, 7) is 2.23. The number of ether oxygens (including phenoxy) is 1. The molecule has 162 valence electrons. The van der Waals surface area contributed by atoms with E-state index in [2.05, 4.69) is 25.1 Å². The van der Waals surface area contributed by atoms with Crippen LogP contribution in [0.2, 0.25) is 0 Å². The molecule has 0 aliphatic heterocycles. The van der Waals surface area contributed by atoms with Crippen molar-refractivity contribution in [3.63, 3.8) is 0 Å². The molecule has 2 fully saturated rings. The molecule has 0 bridgehead atoms. The summed E-state index contributed by atoms with van der Waals surface area (Å²) < 4.78 is 29.7. The van der Waals surface area contributed by atoms with E-state index in [1.807, 2.05) is 6.08 Å². The maximum absolute atomic E-state index is 12.2. The van der Waals surface area contributed by atoms with E-state index in [9.17, 15) is 8.78 Å². The van der Waals surface area contributed by atoms with Gasteiger partial charge in [0.2, 0.25) is 6.43 Å². The predicted molar refractivity (Wildman–Crippen MR) is 117 cm³/mol. The molecule has 3 rings (SSSR count). The number of hydrogen-bond acceptors (Lipinski definition) is 1. The van der Waals surface area contributed by atoms with Crippen molar-refractivity contribution < 1.29 is 13.5 Å². The summed E-state index contributed by atoms with van der Waals surface area (Å²) in [7, 11) is 1.75. The van der Waals surface area contributed by atoms with Gasteiger partial charge in [-0.1, -0.05) is 31.1 Å². The minimum atomic E-state index is -2.20. The van der Waals surface area contributed by atoms with Gasteiger partial charge in [0.1, 0.15) is 5.75 Å². The number of methoxy groups -OCH3 is 1. The molecule has 2 aliphatic rings. The fourth-order valence-corrected chi connectivity index (χ4v) is 5.68. The van der Waals surface area contributed by atoms with Crippen molar-refractivity contribution in [3.05, 3.63) is 41.5 Å². The molecule has 0 unspecified atom stereocenters. The van der Waals surface area contributed by atoms with Gasteiger partial charge >= 0.3 is 0 Å². The van der Waals surface area contributed by atoms with Crippen LogP contribution in [0.1, 0.15) is 87.7 Å². The average molecular weight is 405 g/mol. The monoisotopic (exact) mass is 404 g/mol. The lowest BCUT2D eigenvalue weighted by Gasteiger charge is -2.38. The standard InChI is InChI=1S/C26H38F2O/c1-19-8-17-24(29-2)18-25(19)23-15-13-22(14-16-23)21-11-9-20(10-12-21)6-4-3-5-7-26(27)28/h3,5,8,17-18,20-23,26H,4,6-7,9-16H2,1-2H3/b5-3+. The maximum atomic E-state index is 12.2. The molecule has 3 heteroatoms. The third-order valence-electron chi connectivity index (χ3n) is 7.48. The fourth-order valence-electron chi connectivity index (χ4n) is 5.68. The minimum absolute atomic E-state index is 0.0926. The summed E-state index contributed by atoms with van der Waals surface area (Å²) in [5.74, 6) is 4.29. The second-order valence-corrected chi connectivity index (χ2v) is 9.29. The summed E-state index contributed by atoms with van der Waals surface area (Å²) in [6.07, 6.45) is 14.2. The van der Waals surface area contributed by atoms with Crippen LogP contribution < -0.4 is 4.74 Å². The first kappa shape index (κ1) is 22.3. The van der Waals surface area contributed by atoms with Crippen molar-refractivity contribution in [3.8, 4) is 5.75 Å². The predicted octanol–water partition coefficient (Wildman–Crippen LogP) is 8.08. The molecule has 2 aliphatic carbocycles. The van der Waals surface area contributed by atoms with Crippen LogP contribution in [0.5, 0.6) is 5.75 Å². The molecule has 0 amide bonds. The van der Waals surface area contributed by atoms with Gasteiger partial charge in [-0.05, 0) is 105 Å². The zero-order chi connectivity index (χ0) is 20.6. The molecule has 0 N–H and O–H groups in total. The highest BCUT2D eigenvalue weighted by Gasteiger charge is 2.31. The lowest BCUT2D eigenvalue weighted by atomic mass is 9.67. The van der Waals surface area contributed by atoms with E-state index < -0.39 is 6.43 Å². The van der Waals surface area contributed by atoms with Crippen LogP contribution in [-0.2, 0) is 0 Å². The Hall–Kier alpha value is -1.38. The van der Waals surface area contributed by atoms with E-state index in [4.69, 9.17) is 4.74 Å². The largest absolute Gasteiger partial charge is 0.497 e. The molecule has 29 heavy (non-hydrogen) atoms. The van der Waals surface area contributed by atoms with Crippen LogP contribution in [0.4, 0.5) is 8.78 Å². The zero-order valence-electron chi connectivity index (χ0n) is 18.2. The van der Waals surface area contributed by atoms with E-state index in [0.717, 1.165) is 29.9 Å². The Balaban J connectivity index is 1.39. The zero-order valence-corrected chi connectivity index (χ0v) is 18.2. The Kier molecular flexibility index (Phi) is 8.56. The number of aryl methyl sites for hydroxylation is 1. The topological polar surface area (TPSA) is 9.23 Å². The second kappa shape index (κ2) is 11.1. The first-order valence-electron chi connectivity index (χ1n) is 11.6. The average Bonchev–Trinajstić information content (AvgIpc) is 2.74. The molecule has 0 aromatic heterocycles. The number of allylic oxidation sites excluding steroid dienone is 2. The summed E-state index contributed by atoms with van der Waals surface area (Å²) in [5, 5.41) is 0. The highest BCUT2D eigenvalue weighted by atomic mass is 19.3. The second-order valence-electron chi connectivity index (χ2n) is 9.29. The molecular weight excluding hydrogens is 366 g/mol. The lowest BCUT2D eigenvalue weighted by Crippen LogP contribution is -2.25. The SMILES string of the molecule is COc1ccc(C)c(C2CCC(C3CCC(CC/C=C/CC(F)F)CC3)CC2)c1. The lowest BCUT2D eigenvalue weighted by molar-refractivity contribution is 0.152. The maximum Gasteiger partial charge on any atom is 0.242 e. The minimum Gasteiger partial charge on any atom is -0.497 e. The molecule has 1 aromatic carbocycles. The smallest absolute Gasteiger partial charge is 0.242 e. The molecule has 0 spiro atoms. The van der Waals surface area contributed by atoms with E-state index in [1.165, 1.54) is 68.9 Å². The van der Waals surface area contributed by atoms with Crippen LogP contribution in [0, 0.1) is 24.7 Å². The summed E-state index contributed by atoms with van der Waals surface area (Å²) in [5.41, 5.74) is 2.89. The van der Waals surface area contributed by atoms with Gasteiger partial charge in [-0.25, -0.2) is 8.78 Å². The van der Waals surface area contributed by atoms with E-state index in [0.29, 0.717) is 5.92 Å². The first-order valence-corrected chi connectivity index (χ1v) is 11.6. The first-order chi connectivity index (χ1) is 14.1. The van der Waals surface area contributed by atoms with Crippen molar-refractivity contribution in [2.24, 2.45) is 17.8 Å². The van der Waals surface area contributed by atoms with Gasteiger partial charge in [0.05, 0.1) is 7.11 Å². The van der Waals surface area contributed by atoms with Gasteiger partial charge in [-0.3, -0.25) is 0 Å². The fraction of sp³-hybridized carbons (Fsp3) is 0.692. The van der Waals surface area contributed by atoms with Crippen LogP contribution >= 0.6 is 0 Å². The van der Waals surface area contributed by atoms with Crippen molar-refractivity contribution in [2.75, 3.05) is 7.11 Å². The Morgan fingerprint density at radius 3 is 2.24 bits per heavy atom. The summed E-state index contributed by atoms with van der Waals surface area (Å²) in [4.78, 5) is 0. The quantitative estimate of drug-likeness (QED) is 0.398. The molecule has 0 saturated heterocycles. The Morgan fingerprint density at radius 1 is 0.966 bits per heavy atom. The van der Waals surface area contributed by atoms with E-state index in [1.54, 1.807) is 13.2 Å². The van der Waals surface area contributed by atoms with Gasteiger partial charge in [0, 0.05) is 6.42 Å². The Bertz CT molecular complexity index is 638. The number of alkyl halides is 2. The summed E-state index contributed by atoms with van der Waals surface area (Å²) >= 11 is 0. The van der Waals surface area contributed by atoms with Crippen molar-refractivity contribution in [1.29, 1.82) is 0 Å². The van der Waals surface area contributed by atoms with Crippen LogP contribution in [-0.4, -0.2) is 13.5 Å². The molecule has 1 nitrogen and oxygen atoms in total. The van der Waals surface area contributed by atoms with Crippen LogP contribution in [0.15, 0.2) is 30.4 Å². The molecule has 0 atom stereocenters. The van der Waals surface area contributed by atoms with Crippen molar-refractivity contribution >= 4 is 0 Å². The third kappa shape index (κ3) is 6.55. The van der Waals surface area contributed by atoms with Crippen LogP contribution in [0.3, 0.4) is 0 Å². The molecule has 0 radical (unpaired) electrons. The molecule has 2 saturated carbocycles. The van der Waals surface area contributed by atoms with Gasteiger partial charge < -0.3 is 4.74 Å².